The molecule has 2 aromatic carbocycles. The zero-order valence-corrected chi connectivity index (χ0v) is 10.4. The second-order valence-electron chi connectivity index (χ2n) is 4.41. The number of aromatic hydroxyl groups is 2. The van der Waals surface area contributed by atoms with Crippen LogP contribution in [0.1, 0.15) is 0 Å². The van der Waals surface area contributed by atoms with Crippen molar-refractivity contribution in [3.63, 3.8) is 0 Å². The molecule has 3 N–H and O–H groups in total. The Morgan fingerprint density at radius 2 is 1.75 bits per heavy atom. The number of nitrogens with zero attached hydrogens (tertiary/aromatic N) is 2. The molecule has 0 aliphatic rings. The highest BCUT2D eigenvalue weighted by Crippen LogP contribution is 2.39. The average Bonchev–Trinajstić information content (AvgIpc) is 2.47. The highest BCUT2D eigenvalue weighted by Gasteiger charge is 2.17. The Morgan fingerprint density at radius 3 is 2.40 bits per heavy atom. The first-order valence-corrected chi connectivity index (χ1v) is 6.08. The molecule has 0 bridgehead atoms. The maximum atomic E-state index is 11.8. The zero-order valence-electron chi connectivity index (χ0n) is 10.4. The van der Waals surface area contributed by atoms with E-state index in [1.165, 1.54) is 4.57 Å². The van der Waals surface area contributed by atoms with E-state index in [0.29, 0.717) is 10.8 Å². The maximum absolute atomic E-state index is 11.8. The topological polar surface area (TPSA) is 95.6 Å². The number of hydrogen-bond acceptors (Lipinski definition) is 5. The van der Waals surface area contributed by atoms with Gasteiger partial charge in [-0.3, -0.25) is 9.36 Å². The Bertz CT molecular complexity index is 870. The molecule has 20 heavy (non-hydrogen) atoms. The standard InChI is InChI=1S/C14H12N2O4/c17-6-5-16-10(18)7-15-11-12(16)14(20)9-4-2-1-3-8(9)13(11)19/h1-4,7,17,19-20H,5-6H2. The van der Waals surface area contributed by atoms with Gasteiger partial charge in [0, 0.05) is 17.3 Å². The smallest absolute Gasteiger partial charge is 0.269 e. The van der Waals surface area contributed by atoms with Crippen molar-refractivity contribution in [2.24, 2.45) is 0 Å². The predicted molar refractivity (Wildman–Crippen MR) is 73.9 cm³/mol. The highest BCUT2D eigenvalue weighted by atomic mass is 16.3. The maximum Gasteiger partial charge on any atom is 0.269 e. The van der Waals surface area contributed by atoms with Crippen LogP contribution in [0.15, 0.2) is 35.3 Å². The molecule has 3 rings (SSSR count). The number of phenolic OH excluding ortho intramolecular Hbond substituents is 2. The number of rotatable bonds is 2. The molecule has 6 nitrogen and oxygen atoms in total. The van der Waals surface area contributed by atoms with Gasteiger partial charge in [0.05, 0.1) is 12.8 Å². The Morgan fingerprint density at radius 1 is 1.10 bits per heavy atom. The highest BCUT2D eigenvalue weighted by molar-refractivity contribution is 6.07. The van der Waals surface area contributed by atoms with E-state index < -0.39 is 5.56 Å². The van der Waals surface area contributed by atoms with Gasteiger partial charge >= 0.3 is 0 Å². The van der Waals surface area contributed by atoms with Gasteiger partial charge in [-0.2, -0.15) is 0 Å². The molecule has 0 atom stereocenters. The van der Waals surface area contributed by atoms with E-state index in [0.717, 1.165) is 6.20 Å². The van der Waals surface area contributed by atoms with Crippen molar-refractivity contribution in [2.45, 2.75) is 6.54 Å². The number of phenols is 2. The molecular formula is C14H12N2O4. The van der Waals surface area contributed by atoms with Crippen LogP contribution >= 0.6 is 0 Å². The van der Waals surface area contributed by atoms with Crippen molar-refractivity contribution in [3.05, 3.63) is 40.8 Å². The Hall–Kier alpha value is -2.60. The van der Waals surface area contributed by atoms with Crippen LogP contribution in [0.2, 0.25) is 0 Å². The summed E-state index contributed by atoms with van der Waals surface area (Å²) in [6, 6.07) is 6.76. The van der Waals surface area contributed by atoms with Crippen LogP contribution in [0.3, 0.4) is 0 Å². The fourth-order valence-corrected chi connectivity index (χ4v) is 2.38. The SMILES string of the molecule is O=c1cnc2c(O)c3ccccc3c(O)c2n1CCO. The van der Waals surface area contributed by atoms with Crippen molar-refractivity contribution >= 4 is 21.8 Å². The van der Waals surface area contributed by atoms with Crippen LogP contribution in [-0.2, 0) is 6.54 Å². The largest absolute Gasteiger partial charge is 0.505 e. The summed E-state index contributed by atoms with van der Waals surface area (Å²) >= 11 is 0. The van der Waals surface area contributed by atoms with Gasteiger partial charge < -0.3 is 15.3 Å². The number of hydrogen-bond donors (Lipinski definition) is 3. The van der Waals surface area contributed by atoms with Crippen molar-refractivity contribution in [2.75, 3.05) is 6.61 Å². The summed E-state index contributed by atoms with van der Waals surface area (Å²) in [6.45, 7) is -0.241. The summed E-state index contributed by atoms with van der Waals surface area (Å²) in [5, 5.41) is 30.6. The van der Waals surface area contributed by atoms with Crippen molar-refractivity contribution in [1.29, 1.82) is 0 Å². The number of fused-ring (bicyclic) bond motifs is 2. The summed E-state index contributed by atoms with van der Waals surface area (Å²) < 4.78 is 1.20. The second kappa shape index (κ2) is 4.50. The van der Waals surface area contributed by atoms with Gasteiger partial charge in [0.25, 0.3) is 5.56 Å². The first kappa shape index (κ1) is 12.4. The molecule has 0 spiro atoms. The molecule has 0 unspecified atom stereocenters. The molecule has 0 saturated carbocycles. The van der Waals surface area contributed by atoms with E-state index in [1.807, 2.05) is 0 Å². The molecule has 1 aromatic heterocycles. The molecule has 6 heteroatoms. The minimum absolute atomic E-state index is 0.0171. The molecule has 3 aromatic rings. The Labute approximate surface area is 113 Å². The number of aromatic nitrogens is 2. The van der Waals surface area contributed by atoms with Gasteiger partial charge in [0.2, 0.25) is 0 Å². The van der Waals surface area contributed by atoms with E-state index in [-0.39, 0.29) is 35.7 Å². The van der Waals surface area contributed by atoms with Gasteiger partial charge in [-0.15, -0.1) is 0 Å². The minimum atomic E-state index is -0.448. The van der Waals surface area contributed by atoms with Gasteiger partial charge in [-0.05, 0) is 0 Å². The van der Waals surface area contributed by atoms with Crippen LogP contribution in [-0.4, -0.2) is 31.5 Å². The van der Waals surface area contributed by atoms with Crippen LogP contribution < -0.4 is 5.56 Å². The van der Waals surface area contributed by atoms with Gasteiger partial charge in [0.15, 0.2) is 5.75 Å². The molecule has 0 fully saturated rings. The second-order valence-corrected chi connectivity index (χ2v) is 4.41. The van der Waals surface area contributed by atoms with E-state index in [2.05, 4.69) is 4.98 Å². The molecule has 0 saturated heterocycles. The first-order chi connectivity index (χ1) is 9.65. The van der Waals surface area contributed by atoms with Gasteiger partial charge in [0.1, 0.15) is 16.8 Å². The van der Waals surface area contributed by atoms with Crippen LogP contribution in [0.4, 0.5) is 0 Å². The monoisotopic (exact) mass is 272 g/mol. The van der Waals surface area contributed by atoms with E-state index in [1.54, 1.807) is 24.3 Å². The number of aliphatic hydroxyl groups excluding tert-OH is 1. The zero-order chi connectivity index (χ0) is 14.3. The molecule has 1 heterocycles. The van der Waals surface area contributed by atoms with Crippen LogP contribution in [0.5, 0.6) is 11.5 Å². The Kier molecular flexibility index (Phi) is 2.80. The fraction of sp³-hybridized carbons (Fsp3) is 0.143. The normalized spacial score (nSPS) is 11.2. The average molecular weight is 272 g/mol. The third-order valence-electron chi connectivity index (χ3n) is 3.27. The van der Waals surface area contributed by atoms with E-state index in [4.69, 9.17) is 5.11 Å². The summed E-state index contributed by atoms with van der Waals surface area (Å²) in [4.78, 5) is 15.7. The molecule has 0 radical (unpaired) electrons. The van der Waals surface area contributed by atoms with E-state index >= 15 is 0 Å². The molecule has 102 valence electrons. The summed E-state index contributed by atoms with van der Waals surface area (Å²) in [6.07, 6.45) is 1.06. The van der Waals surface area contributed by atoms with Crippen molar-refractivity contribution in [1.82, 2.24) is 9.55 Å². The first-order valence-electron chi connectivity index (χ1n) is 6.08. The number of benzene rings is 2. The summed E-state index contributed by atoms with van der Waals surface area (Å²) in [5.74, 6) is -0.230. The lowest BCUT2D eigenvalue weighted by molar-refractivity contribution is 0.276. The predicted octanol–water partition coefficient (Wildman–Crippen LogP) is 0.953. The van der Waals surface area contributed by atoms with Gasteiger partial charge in [-0.1, -0.05) is 24.3 Å². The van der Waals surface area contributed by atoms with Crippen molar-refractivity contribution < 1.29 is 15.3 Å². The van der Waals surface area contributed by atoms with Crippen LogP contribution in [0, 0.1) is 0 Å². The minimum Gasteiger partial charge on any atom is -0.505 e. The quantitative estimate of drug-likeness (QED) is 0.477. The summed E-state index contributed by atoms with van der Waals surface area (Å²) in [5.41, 5.74) is -0.187. The Balaban J connectivity index is 2.59. The lowest BCUT2D eigenvalue weighted by atomic mass is 10.1. The molecule has 0 aliphatic heterocycles. The fourth-order valence-electron chi connectivity index (χ4n) is 2.38. The molecular weight excluding hydrogens is 260 g/mol. The van der Waals surface area contributed by atoms with E-state index in [9.17, 15) is 15.0 Å². The lowest BCUT2D eigenvalue weighted by Gasteiger charge is -2.13. The molecule has 0 amide bonds. The van der Waals surface area contributed by atoms with Crippen molar-refractivity contribution in [3.8, 4) is 11.5 Å². The lowest BCUT2D eigenvalue weighted by Crippen LogP contribution is -2.22. The molecule has 0 aliphatic carbocycles. The van der Waals surface area contributed by atoms with Gasteiger partial charge in [-0.25, -0.2) is 4.98 Å². The third kappa shape index (κ3) is 1.62. The van der Waals surface area contributed by atoms with Crippen LogP contribution in [0.25, 0.3) is 21.8 Å². The summed E-state index contributed by atoms with van der Waals surface area (Å²) in [7, 11) is 0. The number of aliphatic hydroxyl groups is 1. The third-order valence-corrected chi connectivity index (χ3v) is 3.27.